The minimum atomic E-state index is -1.75. The lowest BCUT2D eigenvalue weighted by molar-refractivity contribution is -0.0803. The Bertz CT molecular complexity index is 184. The first-order chi connectivity index (χ1) is 7.29. The Morgan fingerprint density at radius 3 is 2.13 bits per heavy atom. The zero-order valence-corrected chi connectivity index (χ0v) is 10.8. The van der Waals surface area contributed by atoms with Crippen LogP contribution >= 0.6 is 7.80 Å². The van der Waals surface area contributed by atoms with Crippen molar-refractivity contribution in [3.63, 3.8) is 0 Å². The molecule has 1 fully saturated rings. The van der Waals surface area contributed by atoms with Crippen molar-refractivity contribution in [2.75, 3.05) is 13.2 Å². The van der Waals surface area contributed by atoms with Crippen molar-refractivity contribution in [1.29, 1.82) is 0 Å². The molecule has 0 heterocycles. The Balaban J connectivity index is 2.45. The van der Waals surface area contributed by atoms with Crippen molar-refractivity contribution in [3.05, 3.63) is 0 Å². The molecule has 0 aliphatic heterocycles. The van der Waals surface area contributed by atoms with Crippen LogP contribution in [0.4, 0.5) is 0 Å². The lowest BCUT2D eigenvalue weighted by Gasteiger charge is -2.25. The number of hydrogen-bond acceptors (Lipinski definition) is 3. The Morgan fingerprint density at radius 2 is 1.67 bits per heavy atom. The normalized spacial score (nSPS) is 20.7. The molecule has 1 rings (SSSR count). The summed E-state index contributed by atoms with van der Waals surface area (Å²) in [5.74, 6) is 0. The molecule has 1 unspecified atom stereocenters. The zero-order chi connectivity index (χ0) is 11.1. The molecule has 1 saturated carbocycles. The fourth-order valence-corrected chi connectivity index (χ4v) is 4.12. The van der Waals surface area contributed by atoms with E-state index < -0.39 is 13.8 Å². The third kappa shape index (κ3) is 4.26. The van der Waals surface area contributed by atoms with Crippen LogP contribution in [0, 0.1) is 0 Å². The van der Waals surface area contributed by atoms with Crippen LogP contribution in [0.2, 0.25) is 0 Å². The van der Waals surface area contributed by atoms with E-state index in [0.717, 1.165) is 12.8 Å². The molecule has 15 heavy (non-hydrogen) atoms. The van der Waals surface area contributed by atoms with Gasteiger partial charge in [-0.2, -0.15) is 0 Å². The highest BCUT2D eigenvalue weighted by molar-refractivity contribution is 7.45. The molecule has 90 valence electrons. The minimum Gasteiger partial charge on any atom is -0.347 e. The van der Waals surface area contributed by atoms with Gasteiger partial charge in [-0.15, -0.1) is 0 Å². The van der Waals surface area contributed by atoms with Crippen LogP contribution in [-0.4, -0.2) is 24.9 Å². The van der Waals surface area contributed by atoms with Gasteiger partial charge in [-0.05, 0) is 26.7 Å². The van der Waals surface area contributed by atoms with Gasteiger partial charge in [-0.25, -0.2) is 0 Å². The molecule has 0 aromatic heterocycles. The summed E-state index contributed by atoms with van der Waals surface area (Å²) in [5, 5.41) is 0. The smallest absolute Gasteiger partial charge is 0.208 e. The standard InChI is InChI=1S/C11H23O3P/c1-3-13-11(14-4-2)15(12)10-8-6-5-7-9-10/h10-11,15H,3-9H2,1-2H3. The zero-order valence-electron chi connectivity index (χ0n) is 9.83. The predicted octanol–water partition coefficient (Wildman–Crippen LogP) is 3.24. The molecule has 0 bridgehead atoms. The van der Waals surface area contributed by atoms with Crippen molar-refractivity contribution in [3.8, 4) is 0 Å². The summed E-state index contributed by atoms with van der Waals surface area (Å²) in [6.07, 6.45) is 5.90. The van der Waals surface area contributed by atoms with Gasteiger partial charge in [-0.1, -0.05) is 19.3 Å². The maximum atomic E-state index is 12.2. The van der Waals surface area contributed by atoms with Gasteiger partial charge in [0.15, 0.2) is 0 Å². The first-order valence-corrected chi connectivity index (χ1v) is 7.62. The third-order valence-corrected chi connectivity index (χ3v) is 5.06. The molecule has 1 atom stereocenters. The van der Waals surface area contributed by atoms with Crippen LogP contribution in [-0.2, 0) is 14.0 Å². The number of rotatable bonds is 6. The van der Waals surface area contributed by atoms with Gasteiger partial charge in [0.25, 0.3) is 0 Å². The van der Waals surface area contributed by atoms with E-state index in [9.17, 15) is 4.57 Å². The summed E-state index contributed by atoms with van der Waals surface area (Å²) < 4.78 is 23.0. The van der Waals surface area contributed by atoms with Gasteiger partial charge >= 0.3 is 0 Å². The van der Waals surface area contributed by atoms with Gasteiger partial charge in [0.05, 0.1) is 0 Å². The highest BCUT2D eigenvalue weighted by Crippen LogP contribution is 2.42. The average Bonchev–Trinajstić information content (AvgIpc) is 2.29. The van der Waals surface area contributed by atoms with E-state index in [1.807, 2.05) is 13.8 Å². The second-order valence-electron chi connectivity index (χ2n) is 3.98. The summed E-state index contributed by atoms with van der Waals surface area (Å²) >= 11 is 0. The lowest BCUT2D eigenvalue weighted by atomic mass is 10.0. The van der Waals surface area contributed by atoms with Gasteiger partial charge in [0, 0.05) is 18.9 Å². The molecule has 0 saturated heterocycles. The Labute approximate surface area is 93.3 Å². The van der Waals surface area contributed by atoms with Crippen LogP contribution in [0.25, 0.3) is 0 Å². The molecule has 1 aliphatic rings. The summed E-state index contributed by atoms with van der Waals surface area (Å²) in [6, 6.07) is -0.437. The largest absolute Gasteiger partial charge is 0.347 e. The molecule has 3 nitrogen and oxygen atoms in total. The topological polar surface area (TPSA) is 35.5 Å². The van der Waals surface area contributed by atoms with Crippen LogP contribution in [0.3, 0.4) is 0 Å². The fourth-order valence-electron chi connectivity index (χ4n) is 2.09. The van der Waals surface area contributed by atoms with E-state index in [2.05, 4.69) is 0 Å². The van der Waals surface area contributed by atoms with Gasteiger partial charge in [-0.3, -0.25) is 0 Å². The van der Waals surface area contributed by atoms with E-state index in [-0.39, 0.29) is 0 Å². The molecular formula is C11H23O3P. The van der Waals surface area contributed by atoms with Crippen molar-refractivity contribution >= 4 is 7.80 Å². The molecule has 0 N–H and O–H groups in total. The molecule has 1 aliphatic carbocycles. The van der Waals surface area contributed by atoms with E-state index in [4.69, 9.17) is 9.47 Å². The SMILES string of the molecule is CCOC(OCC)[PH](=O)C1CCCCC1. The Kier molecular flexibility index (Phi) is 6.54. The Morgan fingerprint density at radius 1 is 1.13 bits per heavy atom. The van der Waals surface area contributed by atoms with E-state index in [0.29, 0.717) is 18.9 Å². The second-order valence-corrected chi connectivity index (χ2v) is 6.07. The van der Waals surface area contributed by atoms with Gasteiger partial charge in [0.2, 0.25) is 6.03 Å². The van der Waals surface area contributed by atoms with Gasteiger partial charge in [0.1, 0.15) is 7.80 Å². The van der Waals surface area contributed by atoms with Crippen molar-refractivity contribution in [2.45, 2.75) is 57.6 Å². The highest BCUT2D eigenvalue weighted by atomic mass is 31.1. The quantitative estimate of drug-likeness (QED) is 0.523. The fraction of sp³-hybridized carbons (Fsp3) is 1.00. The molecule has 0 aromatic carbocycles. The first kappa shape index (κ1) is 13.2. The molecular weight excluding hydrogens is 211 g/mol. The first-order valence-electron chi connectivity index (χ1n) is 6.06. The maximum absolute atomic E-state index is 12.2. The molecule has 0 aromatic rings. The molecule has 0 amide bonds. The van der Waals surface area contributed by atoms with Crippen molar-refractivity contribution in [2.24, 2.45) is 0 Å². The minimum absolute atomic E-state index is 0.354. The molecule has 4 heteroatoms. The lowest BCUT2D eigenvalue weighted by Crippen LogP contribution is -2.19. The van der Waals surface area contributed by atoms with Crippen LogP contribution in [0.15, 0.2) is 0 Å². The number of ether oxygens (including phenoxy) is 2. The second kappa shape index (κ2) is 7.43. The summed E-state index contributed by atoms with van der Waals surface area (Å²) in [7, 11) is -1.75. The van der Waals surface area contributed by atoms with Crippen LogP contribution < -0.4 is 0 Å². The molecule has 0 radical (unpaired) electrons. The monoisotopic (exact) mass is 234 g/mol. The summed E-state index contributed by atoms with van der Waals surface area (Å²) in [6.45, 7) is 4.99. The van der Waals surface area contributed by atoms with Crippen LogP contribution in [0.1, 0.15) is 46.0 Å². The third-order valence-electron chi connectivity index (χ3n) is 2.88. The number of hydrogen-bond donors (Lipinski definition) is 0. The van der Waals surface area contributed by atoms with E-state index >= 15 is 0 Å². The maximum Gasteiger partial charge on any atom is 0.208 e. The highest BCUT2D eigenvalue weighted by Gasteiger charge is 2.27. The predicted molar refractivity (Wildman–Crippen MR) is 62.9 cm³/mol. The van der Waals surface area contributed by atoms with Crippen molar-refractivity contribution < 1.29 is 14.0 Å². The van der Waals surface area contributed by atoms with Crippen LogP contribution in [0.5, 0.6) is 0 Å². The summed E-state index contributed by atoms with van der Waals surface area (Å²) in [4.78, 5) is 0. The van der Waals surface area contributed by atoms with E-state index in [1.165, 1.54) is 19.3 Å². The summed E-state index contributed by atoms with van der Waals surface area (Å²) in [5.41, 5.74) is 0.354. The van der Waals surface area contributed by atoms with Crippen molar-refractivity contribution in [1.82, 2.24) is 0 Å². The van der Waals surface area contributed by atoms with E-state index in [1.54, 1.807) is 0 Å². The average molecular weight is 234 g/mol. The Hall–Kier alpha value is 0.150. The molecule has 0 spiro atoms. The van der Waals surface area contributed by atoms with Gasteiger partial charge < -0.3 is 14.0 Å².